The van der Waals surface area contributed by atoms with Crippen molar-refractivity contribution < 1.29 is 13.2 Å². The highest BCUT2D eigenvalue weighted by molar-refractivity contribution is 7.92. The highest BCUT2D eigenvalue weighted by Crippen LogP contribution is 2.27. The Hall–Kier alpha value is -1.27. The van der Waals surface area contributed by atoms with Gasteiger partial charge in [0.25, 0.3) is 5.91 Å². The molecule has 17 heavy (non-hydrogen) atoms. The standard InChI is InChI=1S/C10H13ClN2O3S/c1-12-10(14)7-4-5-8(11)9(6-7)13(2)17(3,15)16/h4-6H,1-3H3,(H,12,14). The maximum absolute atomic E-state index is 11.4. The Kier molecular flexibility index (Phi) is 4.00. The number of benzene rings is 1. The van der Waals surface area contributed by atoms with Crippen LogP contribution in [0.3, 0.4) is 0 Å². The second kappa shape index (κ2) is 4.93. The van der Waals surface area contributed by atoms with Gasteiger partial charge in [0.05, 0.1) is 17.0 Å². The molecule has 5 nitrogen and oxygen atoms in total. The third-order valence-electron chi connectivity index (χ3n) is 2.27. The summed E-state index contributed by atoms with van der Waals surface area (Å²) < 4.78 is 23.8. The number of anilines is 1. The van der Waals surface area contributed by atoms with Crippen molar-refractivity contribution in [3.8, 4) is 0 Å². The van der Waals surface area contributed by atoms with Crippen molar-refractivity contribution in [2.24, 2.45) is 0 Å². The van der Waals surface area contributed by atoms with E-state index in [0.29, 0.717) is 5.56 Å². The van der Waals surface area contributed by atoms with E-state index < -0.39 is 10.0 Å². The van der Waals surface area contributed by atoms with Crippen molar-refractivity contribution in [3.63, 3.8) is 0 Å². The number of carbonyl (C=O) groups excluding carboxylic acids is 1. The SMILES string of the molecule is CNC(=O)c1ccc(Cl)c(N(C)S(C)(=O)=O)c1. The van der Waals surface area contributed by atoms with Crippen LogP contribution in [0.4, 0.5) is 5.69 Å². The predicted octanol–water partition coefficient (Wildman–Crippen LogP) is 1.10. The van der Waals surface area contributed by atoms with Crippen LogP contribution in [-0.2, 0) is 10.0 Å². The molecule has 1 N–H and O–H groups in total. The normalized spacial score (nSPS) is 11.1. The Morgan fingerprint density at radius 3 is 2.47 bits per heavy atom. The smallest absolute Gasteiger partial charge is 0.251 e. The molecular formula is C10H13ClN2O3S. The van der Waals surface area contributed by atoms with Crippen LogP contribution in [0.2, 0.25) is 5.02 Å². The lowest BCUT2D eigenvalue weighted by atomic mass is 10.2. The van der Waals surface area contributed by atoms with Crippen LogP contribution in [-0.4, -0.2) is 34.7 Å². The molecule has 0 spiro atoms. The van der Waals surface area contributed by atoms with Crippen LogP contribution in [0.1, 0.15) is 10.4 Å². The van der Waals surface area contributed by atoms with Gasteiger partial charge in [-0.25, -0.2) is 8.42 Å². The zero-order valence-electron chi connectivity index (χ0n) is 9.69. The summed E-state index contributed by atoms with van der Waals surface area (Å²) in [7, 11) is -0.534. The maximum atomic E-state index is 11.4. The van der Waals surface area contributed by atoms with Crippen molar-refractivity contribution in [2.45, 2.75) is 0 Å². The van der Waals surface area contributed by atoms with Gasteiger partial charge in [-0.05, 0) is 18.2 Å². The maximum Gasteiger partial charge on any atom is 0.251 e. The van der Waals surface area contributed by atoms with E-state index in [-0.39, 0.29) is 16.6 Å². The third kappa shape index (κ3) is 3.10. The van der Waals surface area contributed by atoms with E-state index in [0.717, 1.165) is 10.6 Å². The minimum Gasteiger partial charge on any atom is -0.355 e. The summed E-state index contributed by atoms with van der Waals surface area (Å²) >= 11 is 5.91. The molecule has 7 heteroatoms. The average molecular weight is 277 g/mol. The van der Waals surface area contributed by atoms with Crippen LogP contribution in [0.5, 0.6) is 0 Å². The second-order valence-electron chi connectivity index (χ2n) is 3.48. The minimum absolute atomic E-state index is 0.269. The quantitative estimate of drug-likeness (QED) is 0.899. The fraction of sp³-hybridized carbons (Fsp3) is 0.300. The van der Waals surface area contributed by atoms with Crippen LogP contribution in [0.25, 0.3) is 0 Å². The molecule has 0 aromatic heterocycles. The third-order valence-corrected chi connectivity index (χ3v) is 3.78. The number of sulfonamides is 1. The highest BCUT2D eigenvalue weighted by atomic mass is 35.5. The Morgan fingerprint density at radius 1 is 1.41 bits per heavy atom. The van der Waals surface area contributed by atoms with Gasteiger partial charge < -0.3 is 5.32 Å². The molecule has 0 atom stereocenters. The Balaban J connectivity index is 3.29. The van der Waals surface area contributed by atoms with Crippen LogP contribution >= 0.6 is 11.6 Å². The van der Waals surface area contributed by atoms with Crippen LogP contribution in [0.15, 0.2) is 18.2 Å². The summed E-state index contributed by atoms with van der Waals surface area (Å²) in [4.78, 5) is 11.4. The molecule has 0 saturated heterocycles. The number of hydrogen-bond donors (Lipinski definition) is 1. The molecule has 0 aliphatic carbocycles. The van der Waals surface area contributed by atoms with Crippen molar-refractivity contribution in [3.05, 3.63) is 28.8 Å². The van der Waals surface area contributed by atoms with E-state index in [1.165, 1.54) is 32.3 Å². The van der Waals surface area contributed by atoms with Crippen molar-refractivity contribution in [2.75, 3.05) is 24.7 Å². The fourth-order valence-electron chi connectivity index (χ4n) is 1.22. The first kappa shape index (κ1) is 13.8. The predicted molar refractivity (Wildman–Crippen MR) is 68.1 cm³/mol. The van der Waals surface area contributed by atoms with E-state index >= 15 is 0 Å². The molecule has 0 aliphatic rings. The summed E-state index contributed by atoms with van der Waals surface area (Å²) in [5, 5.41) is 2.72. The highest BCUT2D eigenvalue weighted by Gasteiger charge is 2.17. The summed E-state index contributed by atoms with van der Waals surface area (Å²) in [6.07, 6.45) is 1.07. The molecule has 94 valence electrons. The van der Waals surface area contributed by atoms with E-state index in [2.05, 4.69) is 5.32 Å². The van der Waals surface area contributed by atoms with Gasteiger partial charge in [0.15, 0.2) is 0 Å². The molecule has 0 saturated carbocycles. The molecule has 1 rings (SSSR count). The lowest BCUT2D eigenvalue weighted by molar-refractivity contribution is 0.0963. The second-order valence-corrected chi connectivity index (χ2v) is 5.90. The average Bonchev–Trinajstić information content (AvgIpc) is 2.26. The summed E-state index contributed by atoms with van der Waals surface area (Å²) in [6.45, 7) is 0. The van der Waals surface area contributed by atoms with Crippen molar-refractivity contribution >= 4 is 33.2 Å². The fourth-order valence-corrected chi connectivity index (χ4v) is 2.02. The molecule has 0 fully saturated rings. The van der Waals surface area contributed by atoms with E-state index in [1.54, 1.807) is 0 Å². The number of carbonyl (C=O) groups is 1. The molecule has 1 amide bonds. The van der Waals surface area contributed by atoms with E-state index in [9.17, 15) is 13.2 Å². The molecule has 0 bridgehead atoms. The van der Waals surface area contributed by atoms with Gasteiger partial charge in [-0.3, -0.25) is 9.10 Å². The lowest BCUT2D eigenvalue weighted by Gasteiger charge is -2.18. The Bertz CT molecular complexity index is 542. The van der Waals surface area contributed by atoms with Crippen molar-refractivity contribution in [1.29, 1.82) is 0 Å². The topological polar surface area (TPSA) is 66.5 Å². The number of rotatable bonds is 3. The van der Waals surface area contributed by atoms with Gasteiger partial charge >= 0.3 is 0 Å². The van der Waals surface area contributed by atoms with Crippen molar-refractivity contribution in [1.82, 2.24) is 5.32 Å². The van der Waals surface area contributed by atoms with Gasteiger partial charge in [-0.2, -0.15) is 0 Å². The summed E-state index contributed by atoms with van der Waals surface area (Å²) in [5.41, 5.74) is 0.623. The number of halogens is 1. The first-order valence-corrected chi connectivity index (χ1v) is 6.95. The molecular weight excluding hydrogens is 264 g/mol. The van der Waals surface area contributed by atoms with Gasteiger partial charge in [-0.15, -0.1) is 0 Å². The van der Waals surface area contributed by atoms with Gasteiger partial charge in [0.2, 0.25) is 10.0 Å². The molecule has 0 radical (unpaired) electrons. The zero-order valence-corrected chi connectivity index (χ0v) is 11.3. The molecule has 1 aromatic rings. The van der Waals surface area contributed by atoms with E-state index in [1.807, 2.05) is 0 Å². The summed E-state index contributed by atoms with van der Waals surface area (Å²) in [6, 6.07) is 4.45. The number of amides is 1. The molecule has 1 aromatic carbocycles. The first-order chi connectivity index (χ1) is 7.77. The van der Waals surface area contributed by atoms with Crippen LogP contribution in [0, 0.1) is 0 Å². The lowest BCUT2D eigenvalue weighted by Crippen LogP contribution is -2.26. The molecule has 0 heterocycles. The number of nitrogens with zero attached hydrogens (tertiary/aromatic N) is 1. The van der Waals surface area contributed by atoms with Gasteiger partial charge in [0, 0.05) is 19.7 Å². The van der Waals surface area contributed by atoms with E-state index in [4.69, 9.17) is 11.6 Å². The monoisotopic (exact) mass is 276 g/mol. The number of nitrogens with one attached hydrogen (secondary N) is 1. The molecule has 0 unspecified atom stereocenters. The van der Waals surface area contributed by atoms with Gasteiger partial charge in [0.1, 0.15) is 0 Å². The Labute approximate surface area is 105 Å². The zero-order chi connectivity index (χ0) is 13.2. The minimum atomic E-state index is -3.41. The van der Waals surface area contributed by atoms with Crippen LogP contribution < -0.4 is 9.62 Å². The first-order valence-electron chi connectivity index (χ1n) is 4.73. The van der Waals surface area contributed by atoms with Gasteiger partial charge in [-0.1, -0.05) is 11.6 Å². The largest absolute Gasteiger partial charge is 0.355 e. The summed E-state index contributed by atoms with van der Waals surface area (Å²) in [5.74, 6) is -0.301. The molecule has 0 aliphatic heterocycles. The Morgan fingerprint density at radius 2 is 2.00 bits per heavy atom. The number of hydrogen-bond acceptors (Lipinski definition) is 3.